The second-order valence-corrected chi connectivity index (χ2v) is 4.11. The largest absolute Gasteiger partial charge is 0.478 e. The Labute approximate surface area is 110 Å². The van der Waals surface area contributed by atoms with Gasteiger partial charge in [0.1, 0.15) is 0 Å². The first-order valence-corrected chi connectivity index (χ1v) is 5.78. The van der Waals surface area contributed by atoms with Gasteiger partial charge >= 0.3 is 5.97 Å². The number of carboxylic acid groups (broad SMARTS) is 1. The average molecular weight is 255 g/mol. The Balaban J connectivity index is 0.000000180. The van der Waals surface area contributed by atoms with Crippen LogP contribution in [-0.4, -0.2) is 17.0 Å². The number of amides is 1. The molecule has 2 aliphatic carbocycles. The van der Waals surface area contributed by atoms with Crippen LogP contribution in [0.15, 0.2) is 48.5 Å². The molecule has 0 aromatic heterocycles. The van der Waals surface area contributed by atoms with Gasteiger partial charge in [0.15, 0.2) is 0 Å². The molecule has 1 aromatic rings. The molecule has 0 radical (unpaired) electrons. The van der Waals surface area contributed by atoms with Crippen molar-refractivity contribution in [2.45, 2.75) is 6.92 Å². The molecule has 0 heterocycles. The van der Waals surface area contributed by atoms with Crippen molar-refractivity contribution in [1.29, 1.82) is 0 Å². The highest BCUT2D eigenvalue weighted by atomic mass is 16.4. The lowest BCUT2D eigenvalue weighted by molar-refractivity contribution is -0.114. The number of fused-ring (bicyclic) bond motifs is 1. The SMILES string of the molecule is CC(=O)Nc1ccccc1C(=O)O.c1cc2cc-2c1. The highest BCUT2D eigenvalue weighted by molar-refractivity contribution is 5.99. The van der Waals surface area contributed by atoms with Gasteiger partial charge in [-0.2, -0.15) is 0 Å². The number of carbonyl (C=O) groups is 2. The molecule has 0 aliphatic heterocycles. The minimum Gasteiger partial charge on any atom is -0.478 e. The van der Waals surface area contributed by atoms with Crippen LogP contribution < -0.4 is 5.32 Å². The minimum absolute atomic E-state index is 0.0951. The molecule has 2 N–H and O–H groups in total. The molecule has 3 rings (SSSR count). The topological polar surface area (TPSA) is 66.4 Å². The van der Waals surface area contributed by atoms with Gasteiger partial charge in [-0.1, -0.05) is 30.3 Å². The number of benzene rings is 2. The summed E-state index contributed by atoms with van der Waals surface area (Å²) in [6, 6.07) is 14.7. The maximum absolute atomic E-state index is 10.7. The van der Waals surface area contributed by atoms with Gasteiger partial charge in [-0.25, -0.2) is 4.79 Å². The van der Waals surface area contributed by atoms with Crippen molar-refractivity contribution in [3.05, 3.63) is 54.1 Å². The Bertz CT molecular complexity index is 618. The van der Waals surface area contributed by atoms with E-state index in [1.54, 1.807) is 18.2 Å². The number of para-hydroxylation sites is 1. The summed E-state index contributed by atoms with van der Waals surface area (Å²) < 4.78 is 0. The molecular weight excluding hydrogens is 242 g/mol. The van der Waals surface area contributed by atoms with Gasteiger partial charge in [-0.15, -0.1) is 0 Å². The molecule has 19 heavy (non-hydrogen) atoms. The molecule has 0 unspecified atom stereocenters. The van der Waals surface area contributed by atoms with E-state index in [4.69, 9.17) is 5.11 Å². The number of nitrogens with one attached hydrogen (secondary N) is 1. The van der Waals surface area contributed by atoms with Crippen LogP contribution in [0.25, 0.3) is 11.1 Å². The van der Waals surface area contributed by atoms with Gasteiger partial charge < -0.3 is 10.4 Å². The van der Waals surface area contributed by atoms with E-state index in [1.807, 2.05) is 0 Å². The zero-order chi connectivity index (χ0) is 13.8. The van der Waals surface area contributed by atoms with Gasteiger partial charge in [-0.05, 0) is 29.3 Å². The third-order valence-electron chi connectivity index (χ3n) is 2.58. The molecule has 96 valence electrons. The van der Waals surface area contributed by atoms with Crippen LogP contribution in [0.1, 0.15) is 17.3 Å². The summed E-state index contributed by atoms with van der Waals surface area (Å²) in [5.74, 6) is -1.34. The van der Waals surface area contributed by atoms with E-state index in [0.717, 1.165) is 0 Å². The lowest BCUT2D eigenvalue weighted by Gasteiger charge is -2.04. The Kier molecular flexibility index (Phi) is 3.61. The van der Waals surface area contributed by atoms with E-state index in [9.17, 15) is 9.59 Å². The van der Waals surface area contributed by atoms with Gasteiger partial charge in [0.2, 0.25) is 5.91 Å². The van der Waals surface area contributed by atoms with Crippen molar-refractivity contribution >= 4 is 17.6 Å². The Morgan fingerprint density at radius 3 is 2.05 bits per heavy atom. The molecule has 0 fully saturated rings. The summed E-state index contributed by atoms with van der Waals surface area (Å²) in [6.45, 7) is 1.33. The average Bonchev–Trinajstić information content (AvgIpc) is 2.96. The van der Waals surface area contributed by atoms with E-state index in [-0.39, 0.29) is 11.5 Å². The van der Waals surface area contributed by atoms with Crippen molar-refractivity contribution in [3.63, 3.8) is 0 Å². The molecule has 4 nitrogen and oxygen atoms in total. The fraction of sp³-hybridized carbons (Fsp3) is 0.0667. The van der Waals surface area contributed by atoms with Crippen molar-refractivity contribution < 1.29 is 14.7 Å². The Morgan fingerprint density at radius 2 is 1.63 bits per heavy atom. The predicted molar refractivity (Wildman–Crippen MR) is 73.1 cm³/mol. The monoisotopic (exact) mass is 255 g/mol. The molecular formula is C15H13NO3. The van der Waals surface area contributed by atoms with Crippen LogP contribution in [0.3, 0.4) is 0 Å². The first kappa shape index (κ1) is 12.8. The maximum atomic E-state index is 10.7. The lowest BCUT2D eigenvalue weighted by atomic mass is 10.2. The summed E-state index contributed by atoms with van der Waals surface area (Å²) in [5, 5.41) is 11.2. The fourth-order valence-electron chi connectivity index (χ4n) is 1.64. The number of hydrogen-bond donors (Lipinski definition) is 2. The summed E-state index contributed by atoms with van der Waals surface area (Å²) in [7, 11) is 0. The third kappa shape index (κ3) is 3.42. The summed E-state index contributed by atoms with van der Waals surface area (Å²) in [6.07, 6.45) is 0. The molecule has 0 saturated carbocycles. The number of aromatic carboxylic acids is 1. The van der Waals surface area contributed by atoms with Crippen LogP contribution in [0, 0.1) is 0 Å². The Morgan fingerprint density at radius 1 is 1.00 bits per heavy atom. The second-order valence-electron chi connectivity index (χ2n) is 4.11. The van der Waals surface area contributed by atoms with Gasteiger partial charge in [0, 0.05) is 6.92 Å². The van der Waals surface area contributed by atoms with E-state index >= 15 is 0 Å². The van der Waals surface area contributed by atoms with E-state index < -0.39 is 5.97 Å². The quantitative estimate of drug-likeness (QED) is 0.739. The molecule has 0 atom stereocenters. The summed E-state index contributed by atoms with van der Waals surface area (Å²) in [5.41, 5.74) is 3.27. The molecule has 2 aliphatic rings. The van der Waals surface area contributed by atoms with Crippen LogP contribution in [0.5, 0.6) is 0 Å². The number of hydrogen-bond acceptors (Lipinski definition) is 2. The second kappa shape index (κ2) is 5.35. The van der Waals surface area contributed by atoms with Gasteiger partial charge in [-0.3, -0.25) is 4.79 Å². The van der Waals surface area contributed by atoms with Crippen molar-refractivity contribution in [2.24, 2.45) is 0 Å². The standard InChI is InChI=1S/C9H9NO3.C6H4/c1-6(11)10-8-5-3-2-4-7(8)9(12)13;1-2-5-4-6(5)3-1/h2-5H,1H3,(H,10,11)(H,12,13);1-4H. The minimum atomic E-state index is -1.05. The number of carbonyl (C=O) groups excluding carboxylic acids is 1. The lowest BCUT2D eigenvalue weighted by Crippen LogP contribution is -2.10. The zero-order valence-corrected chi connectivity index (χ0v) is 10.4. The molecule has 1 aromatic carbocycles. The predicted octanol–water partition coefficient (Wildman–Crippen LogP) is 3.01. The Hall–Kier alpha value is -2.62. The molecule has 1 amide bonds. The van der Waals surface area contributed by atoms with Crippen molar-refractivity contribution in [1.82, 2.24) is 0 Å². The highest BCUT2D eigenvalue weighted by Crippen LogP contribution is 2.32. The first-order valence-electron chi connectivity index (χ1n) is 5.78. The van der Waals surface area contributed by atoms with E-state index in [1.165, 1.54) is 24.1 Å². The zero-order valence-electron chi connectivity index (χ0n) is 10.4. The van der Waals surface area contributed by atoms with Crippen LogP contribution >= 0.6 is 0 Å². The van der Waals surface area contributed by atoms with Crippen LogP contribution in [-0.2, 0) is 4.79 Å². The number of carboxylic acids is 1. The smallest absolute Gasteiger partial charge is 0.337 e. The first-order chi connectivity index (χ1) is 9.08. The van der Waals surface area contributed by atoms with E-state index in [0.29, 0.717) is 5.69 Å². The molecule has 0 bridgehead atoms. The number of rotatable bonds is 2. The third-order valence-corrected chi connectivity index (χ3v) is 2.58. The molecule has 0 saturated heterocycles. The van der Waals surface area contributed by atoms with E-state index in [2.05, 4.69) is 29.6 Å². The molecule has 0 spiro atoms. The fourth-order valence-corrected chi connectivity index (χ4v) is 1.64. The normalized spacial score (nSPS) is 9.95. The number of anilines is 1. The van der Waals surface area contributed by atoms with Gasteiger partial charge in [0.05, 0.1) is 11.3 Å². The van der Waals surface area contributed by atoms with Gasteiger partial charge in [0.25, 0.3) is 0 Å². The van der Waals surface area contributed by atoms with Crippen molar-refractivity contribution in [2.75, 3.05) is 5.32 Å². The molecule has 4 heteroatoms. The van der Waals surface area contributed by atoms with Crippen LogP contribution in [0.2, 0.25) is 0 Å². The highest BCUT2D eigenvalue weighted by Gasteiger charge is 2.09. The summed E-state index contributed by atoms with van der Waals surface area (Å²) in [4.78, 5) is 21.3. The maximum Gasteiger partial charge on any atom is 0.337 e. The van der Waals surface area contributed by atoms with Crippen LogP contribution in [0.4, 0.5) is 5.69 Å². The van der Waals surface area contributed by atoms with Crippen molar-refractivity contribution in [3.8, 4) is 11.1 Å². The summed E-state index contributed by atoms with van der Waals surface area (Å²) >= 11 is 0.